The van der Waals surface area contributed by atoms with Crippen LogP contribution in [-0.4, -0.2) is 57.0 Å². The number of hydrogen-bond donors (Lipinski definition) is 1. The van der Waals surface area contributed by atoms with Crippen LogP contribution >= 0.6 is 0 Å². The Morgan fingerprint density at radius 3 is 2.28 bits per heavy atom. The van der Waals surface area contributed by atoms with E-state index in [-0.39, 0.29) is 17.2 Å². The molecule has 0 saturated carbocycles. The number of hydrogen-bond acceptors (Lipinski definition) is 6. The molecule has 1 fully saturated rings. The first-order valence-corrected chi connectivity index (χ1v) is 11.9. The normalized spacial score (nSPS) is 16.7. The molecule has 0 aliphatic carbocycles. The van der Waals surface area contributed by atoms with Gasteiger partial charge in [0.25, 0.3) is 5.91 Å². The van der Waals surface area contributed by atoms with Gasteiger partial charge in [-0.1, -0.05) is 37.3 Å². The molecule has 8 nitrogen and oxygen atoms in total. The number of nitrogens with zero attached hydrogens (tertiary/aromatic N) is 1. The molecular weight excluding hydrogens is 432 g/mol. The van der Waals surface area contributed by atoms with Crippen LogP contribution in [0.15, 0.2) is 59.5 Å². The molecule has 0 aromatic heterocycles. The highest BCUT2D eigenvalue weighted by Gasteiger charge is 2.26. The number of rotatable bonds is 8. The van der Waals surface area contributed by atoms with Crippen molar-refractivity contribution < 1.29 is 27.5 Å². The lowest BCUT2D eigenvalue weighted by Crippen LogP contribution is -2.40. The van der Waals surface area contributed by atoms with Gasteiger partial charge < -0.3 is 14.8 Å². The molecule has 3 rings (SSSR count). The molecule has 2 unspecified atom stereocenters. The van der Waals surface area contributed by atoms with Gasteiger partial charge in [0.1, 0.15) is 0 Å². The third-order valence-corrected chi connectivity index (χ3v) is 7.16. The highest BCUT2D eigenvalue weighted by atomic mass is 32.2. The monoisotopic (exact) mass is 460 g/mol. The average molecular weight is 461 g/mol. The molecule has 1 N–H and O–H groups in total. The van der Waals surface area contributed by atoms with Crippen molar-refractivity contribution in [1.82, 2.24) is 4.31 Å². The number of benzene rings is 2. The number of carbonyl (C=O) groups is 2. The van der Waals surface area contributed by atoms with Crippen LogP contribution in [0.5, 0.6) is 0 Å². The molecule has 2 atom stereocenters. The number of morpholine rings is 1. The summed E-state index contributed by atoms with van der Waals surface area (Å²) in [4.78, 5) is 24.8. The van der Waals surface area contributed by atoms with E-state index in [1.807, 2.05) is 37.3 Å². The summed E-state index contributed by atoms with van der Waals surface area (Å²) in [7, 11) is -3.60. The van der Waals surface area contributed by atoms with Gasteiger partial charge in [-0.3, -0.25) is 9.59 Å². The lowest BCUT2D eigenvalue weighted by molar-refractivity contribution is -0.153. The predicted octanol–water partition coefficient (Wildman–Crippen LogP) is 2.77. The maximum Gasteiger partial charge on any atom is 0.307 e. The second-order valence-corrected chi connectivity index (χ2v) is 9.62. The van der Waals surface area contributed by atoms with Crippen LogP contribution in [0, 0.1) is 0 Å². The van der Waals surface area contributed by atoms with Gasteiger partial charge in [0.15, 0.2) is 6.10 Å². The lowest BCUT2D eigenvalue weighted by Gasteiger charge is -2.26. The Labute approximate surface area is 188 Å². The fourth-order valence-electron chi connectivity index (χ4n) is 3.34. The SMILES string of the molecule is CC(OC(=O)CC(C)c1ccccc1)C(=O)Nc1ccc(S(=O)(=O)N2CCOCC2)cc1. The van der Waals surface area contributed by atoms with E-state index >= 15 is 0 Å². The molecule has 0 radical (unpaired) electrons. The Balaban J connectivity index is 1.53. The molecule has 1 aliphatic rings. The van der Waals surface area contributed by atoms with E-state index < -0.39 is 28.0 Å². The van der Waals surface area contributed by atoms with Crippen molar-refractivity contribution >= 4 is 27.6 Å². The third kappa shape index (κ3) is 6.15. The standard InChI is InChI=1S/C23H28N2O6S/c1-17(19-6-4-3-5-7-19)16-22(26)31-18(2)23(27)24-20-8-10-21(11-9-20)32(28,29)25-12-14-30-15-13-25/h3-11,17-18H,12-16H2,1-2H3,(H,24,27). The summed E-state index contributed by atoms with van der Waals surface area (Å²) < 4.78 is 37.2. The molecule has 1 saturated heterocycles. The van der Waals surface area contributed by atoms with Crippen LogP contribution in [-0.2, 0) is 29.1 Å². The number of esters is 1. The summed E-state index contributed by atoms with van der Waals surface area (Å²) in [5, 5.41) is 2.65. The van der Waals surface area contributed by atoms with Crippen molar-refractivity contribution in [3.05, 3.63) is 60.2 Å². The largest absolute Gasteiger partial charge is 0.453 e. The van der Waals surface area contributed by atoms with E-state index in [1.54, 1.807) is 0 Å². The Morgan fingerprint density at radius 1 is 1.03 bits per heavy atom. The maximum atomic E-state index is 12.7. The molecule has 32 heavy (non-hydrogen) atoms. The fourth-order valence-corrected chi connectivity index (χ4v) is 4.75. The number of sulfonamides is 1. The first kappa shape index (κ1) is 23.9. The highest BCUT2D eigenvalue weighted by molar-refractivity contribution is 7.89. The van der Waals surface area contributed by atoms with Crippen LogP contribution in [0.25, 0.3) is 0 Å². The van der Waals surface area contributed by atoms with Crippen molar-refractivity contribution in [2.24, 2.45) is 0 Å². The van der Waals surface area contributed by atoms with Crippen molar-refractivity contribution in [3.8, 4) is 0 Å². The van der Waals surface area contributed by atoms with Crippen molar-refractivity contribution in [2.75, 3.05) is 31.6 Å². The van der Waals surface area contributed by atoms with E-state index in [2.05, 4.69) is 5.32 Å². The average Bonchev–Trinajstić information content (AvgIpc) is 2.80. The minimum atomic E-state index is -3.60. The molecule has 172 valence electrons. The fraction of sp³-hybridized carbons (Fsp3) is 0.391. The summed E-state index contributed by atoms with van der Waals surface area (Å²) >= 11 is 0. The third-order valence-electron chi connectivity index (χ3n) is 5.25. The summed E-state index contributed by atoms with van der Waals surface area (Å²) in [6.45, 7) is 4.78. The van der Waals surface area contributed by atoms with Crippen molar-refractivity contribution in [2.45, 2.75) is 37.2 Å². The van der Waals surface area contributed by atoms with Gasteiger partial charge in [-0.25, -0.2) is 8.42 Å². The van der Waals surface area contributed by atoms with E-state index in [1.165, 1.54) is 35.5 Å². The van der Waals surface area contributed by atoms with Crippen LogP contribution in [0.3, 0.4) is 0 Å². The summed E-state index contributed by atoms with van der Waals surface area (Å²) in [6.07, 6.45) is -0.822. The van der Waals surface area contributed by atoms with Gasteiger partial charge in [0.05, 0.1) is 24.5 Å². The van der Waals surface area contributed by atoms with Crippen LogP contribution < -0.4 is 5.32 Å². The Bertz CT molecular complexity index is 1020. The summed E-state index contributed by atoms with van der Waals surface area (Å²) in [5.41, 5.74) is 1.44. The van der Waals surface area contributed by atoms with Gasteiger partial charge in [0, 0.05) is 18.8 Å². The molecule has 2 aromatic rings. The highest BCUT2D eigenvalue weighted by Crippen LogP contribution is 2.21. The second kappa shape index (κ2) is 10.7. The van der Waals surface area contributed by atoms with Crippen molar-refractivity contribution in [3.63, 3.8) is 0 Å². The quantitative estimate of drug-likeness (QED) is 0.608. The molecular formula is C23H28N2O6S. The zero-order valence-electron chi connectivity index (χ0n) is 18.2. The van der Waals surface area contributed by atoms with Gasteiger partial charge in [-0.2, -0.15) is 4.31 Å². The Kier molecular flexibility index (Phi) is 8.00. The maximum absolute atomic E-state index is 12.7. The Hall–Kier alpha value is -2.75. The molecule has 1 amide bonds. The first-order chi connectivity index (χ1) is 15.3. The predicted molar refractivity (Wildman–Crippen MR) is 120 cm³/mol. The second-order valence-electron chi connectivity index (χ2n) is 7.68. The van der Waals surface area contributed by atoms with Crippen molar-refractivity contribution in [1.29, 1.82) is 0 Å². The van der Waals surface area contributed by atoms with Gasteiger partial charge in [0.2, 0.25) is 10.0 Å². The molecule has 1 heterocycles. The molecule has 9 heteroatoms. The molecule has 2 aromatic carbocycles. The van der Waals surface area contributed by atoms with Crippen LogP contribution in [0.1, 0.15) is 31.7 Å². The van der Waals surface area contributed by atoms with E-state index in [0.29, 0.717) is 32.0 Å². The zero-order chi connectivity index (χ0) is 23.1. The van der Waals surface area contributed by atoms with E-state index in [4.69, 9.17) is 9.47 Å². The minimum absolute atomic E-state index is 0.0279. The van der Waals surface area contributed by atoms with Crippen LogP contribution in [0.2, 0.25) is 0 Å². The van der Waals surface area contributed by atoms with Gasteiger partial charge >= 0.3 is 5.97 Å². The summed E-state index contributed by atoms with van der Waals surface area (Å²) in [5.74, 6) is -0.981. The van der Waals surface area contributed by atoms with Gasteiger partial charge in [-0.05, 0) is 42.7 Å². The first-order valence-electron chi connectivity index (χ1n) is 10.5. The zero-order valence-corrected chi connectivity index (χ0v) is 19.0. The molecule has 0 bridgehead atoms. The number of anilines is 1. The Morgan fingerprint density at radius 2 is 1.66 bits per heavy atom. The molecule has 0 spiro atoms. The number of ether oxygens (including phenoxy) is 2. The van der Waals surface area contributed by atoms with E-state index in [9.17, 15) is 18.0 Å². The smallest absolute Gasteiger partial charge is 0.307 e. The number of nitrogens with one attached hydrogen (secondary N) is 1. The summed E-state index contributed by atoms with van der Waals surface area (Å²) in [6, 6.07) is 15.5. The lowest BCUT2D eigenvalue weighted by atomic mass is 9.98. The van der Waals surface area contributed by atoms with E-state index in [0.717, 1.165) is 5.56 Å². The van der Waals surface area contributed by atoms with Crippen LogP contribution in [0.4, 0.5) is 5.69 Å². The number of amides is 1. The minimum Gasteiger partial charge on any atom is -0.453 e. The topological polar surface area (TPSA) is 102 Å². The number of carbonyl (C=O) groups excluding carboxylic acids is 2. The molecule has 1 aliphatic heterocycles. The van der Waals surface area contributed by atoms with Gasteiger partial charge in [-0.15, -0.1) is 0 Å².